The highest BCUT2D eigenvalue weighted by atomic mass is 16.1. The maximum atomic E-state index is 12.3. The van der Waals surface area contributed by atoms with Gasteiger partial charge in [0.25, 0.3) is 0 Å². The Hall–Kier alpha value is -0.410. The molecule has 0 amide bonds. The van der Waals surface area contributed by atoms with Crippen LogP contribution in [0.3, 0.4) is 0 Å². The topological polar surface area (TPSA) is 23.6 Å². The highest BCUT2D eigenvalue weighted by molar-refractivity contribution is 5.82. The molecule has 0 aromatic rings. The van der Waals surface area contributed by atoms with Gasteiger partial charge in [0.2, 0.25) is 0 Å². The summed E-state index contributed by atoms with van der Waals surface area (Å²) in [5, 5.41) is 0. The van der Waals surface area contributed by atoms with E-state index in [4.69, 9.17) is 0 Å². The summed E-state index contributed by atoms with van der Waals surface area (Å²) >= 11 is 0. The first-order valence-corrected chi connectivity index (χ1v) is 8.56. The molecule has 0 radical (unpaired) electrons. The van der Waals surface area contributed by atoms with E-state index >= 15 is 0 Å². The van der Waals surface area contributed by atoms with Crippen LogP contribution in [0.25, 0.3) is 0 Å². The summed E-state index contributed by atoms with van der Waals surface area (Å²) in [6.07, 6.45) is 2.98. The van der Waals surface area contributed by atoms with Crippen molar-refractivity contribution in [1.82, 2.24) is 9.80 Å². The molecule has 1 saturated carbocycles. The summed E-state index contributed by atoms with van der Waals surface area (Å²) in [5.74, 6) is 1.47. The number of ketones is 1. The van der Waals surface area contributed by atoms with E-state index in [1.807, 2.05) is 0 Å². The average Bonchev–Trinajstić information content (AvgIpc) is 2.35. The van der Waals surface area contributed by atoms with E-state index in [-0.39, 0.29) is 11.5 Å². The number of carbonyl (C=O) groups is 1. The van der Waals surface area contributed by atoms with Crippen molar-refractivity contribution < 1.29 is 4.79 Å². The van der Waals surface area contributed by atoms with Gasteiger partial charge in [0.05, 0.1) is 0 Å². The monoisotopic (exact) mass is 294 g/mol. The number of Topliss-reactive ketones (excluding diaryl/α,β-unsaturated/α-hetero) is 1. The Morgan fingerprint density at radius 2 is 1.90 bits per heavy atom. The van der Waals surface area contributed by atoms with Gasteiger partial charge in [-0.15, -0.1) is 0 Å². The van der Waals surface area contributed by atoms with Crippen LogP contribution in [-0.4, -0.2) is 54.3 Å². The third-order valence-corrected chi connectivity index (χ3v) is 5.86. The van der Waals surface area contributed by atoms with Crippen LogP contribution in [0.15, 0.2) is 0 Å². The smallest absolute Gasteiger partial charge is 0.137 e. The van der Waals surface area contributed by atoms with Crippen molar-refractivity contribution in [2.75, 3.05) is 33.2 Å². The van der Waals surface area contributed by atoms with Crippen LogP contribution in [0.1, 0.15) is 53.9 Å². The molecule has 122 valence electrons. The maximum Gasteiger partial charge on any atom is 0.137 e. The van der Waals surface area contributed by atoms with E-state index in [0.29, 0.717) is 17.1 Å². The Bertz CT molecular complexity index is 383. The summed E-state index contributed by atoms with van der Waals surface area (Å²) in [6, 6.07) is 0. The van der Waals surface area contributed by atoms with Crippen LogP contribution in [0.2, 0.25) is 0 Å². The Morgan fingerprint density at radius 1 is 1.24 bits per heavy atom. The lowest BCUT2D eigenvalue weighted by Crippen LogP contribution is -2.58. The molecule has 1 aliphatic heterocycles. The lowest BCUT2D eigenvalue weighted by molar-refractivity contribution is -0.127. The van der Waals surface area contributed by atoms with Gasteiger partial charge in [-0.2, -0.15) is 0 Å². The van der Waals surface area contributed by atoms with Gasteiger partial charge < -0.3 is 0 Å². The molecule has 2 rings (SSSR count). The minimum Gasteiger partial charge on any atom is -0.300 e. The SMILES string of the molecule is CN1CCN(CC2CC(C(C)(C)C)CCC2=O)CC1(C)C. The fourth-order valence-electron chi connectivity index (χ4n) is 3.88. The zero-order valence-electron chi connectivity index (χ0n) is 14.9. The predicted molar refractivity (Wildman–Crippen MR) is 88.4 cm³/mol. The second-order valence-corrected chi connectivity index (χ2v) is 8.97. The summed E-state index contributed by atoms with van der Waals surface area (Å²) in [4.78, 5) is 17.3. The van der Waals surface area contributed by atoms with E-state index in [2.05, 4.69) is 51.5 Å². The summed E-state index contributed by atoms with van der Waals surface area (Å²) in [6.45, 7) is 15.8. The number of hydrogen-bond acceptors (Lipinski definition) is 3. The molecular formula is C18H34N2O. The molecule has 1 heterocycles. The first-order valence-electron chi connectivity index (χ1n) is 8.56. The molecule has 2 aliphatic rings. The molecule has 3 heteroatoms. The molecule has 3 nitrogen and oxygen atoms in total. The lowest BCUT2D eigenvalue weighted by Gasteiger charge is -2.47. The minimum absolute atomic E-state index is 0.222. The van der Waals surface area contributed by atoms with Crippen molar-refractivity contribution in [3.05, 3.63) is 0 Å². The van der Waals surface area contributed by atoms with Crippen LogP contribution in [-0.2, 0) is 4.79 Å². The molecular weight excluding hydrogens is 260 g/mol. The molecule has 0 aromatic carbocycles. The Labute approximate surface area is 131 Å². The second kappa shape index (κ2) is 6.00. The molecule has 0 bridgehead atoms. The third kappa shape index (κ3) is 4.07. The van der Waals surface area contributed by atoms with Crippen LogP contribution in [0, 0.1) is 17.3 Å². The lowest BCUT2D eigenvalue weighted by atomic mass is 9.68. The molecule has 2 atom stereocenters. The number of nitrogens with zero attached hydrogens (tertiary/aromatic N) is 2. The first-order chi connectivity index (χ1) is 9.59. The van der Waals surface area contributed by atoms with Gasteiger partial charge in [0.1, 0.15) is 5.78 Å². The van der Waals surface area contributed by atoms with Gasteiger partial charge in [-0.3, -0.25) is 14.6 Å². The van der Waals surface area contributed by atoms with Gasteiger partial charge in [0, 0.05) is 44.1 Å². The quantitative estimate of drug-likeness (QED) is 0.782. The fraction of sp³-hybridized carbons (Fsp3) is 0.944. The van der Waals surface area contributed by atoms with Crippen LogP contribution < -0.4 is 0 Å². The zero-order valence-corrected chi connectivity index (χ0v) is 14.9. The second-order valence-electron chi connectivity index (χ2n) is 8.97. The number of rotatable bonds is 2. The molecule has 21 heavy (non-hydrogen) atoms. The van der Waals surface area contributed by atoms with Crippen molar-refractivity contribution in [2.24, 2.45) is 17.3 Å². The molecule has 0 N–H and O–H groups in total. The van der Waals surface area contributed by atoms with Crippen LogP contribution in [0.4, 0.5) is 0 Å². The van der Waals surface area contributed by atoms with E-state index < -0.39 is 0 Å². The van der Waals surface area contributed by atoms with Gasteiger partial charge in [-0.25, -0.2) is 0 Å². The number of hydrogen-bond donors (Lipinski definition) is 0. The summed E-state index contributed by atoms with van der Waals surface area (Å²) in [5.41, 5.74) is 0.555. The van der Waals surface area contributed by atoms with E-state index in [9.17, 15) is 4.79 Å². The Kier molecular flexibility index (Phi) is 4.84. The normalized spacial score (nSPS) is 32.4. The molecule has 2 fully saturated rings. The van der Waals surface area contributed by atoms with Gasteiger partial charge >= 0.3 is 0 Å². The summed E-state index contributed by atoms with van der Waals surface area (Å²) in [7, 11) is 2.21. The van der Waals surface area contributed by atoms with Crippen molar-refractivity contribution in [3.8, 4) is 0 Å². The highest BCUT2D eigenvalue weighted by Crippen LogP contribution is 2.39. The predicted octanol–water partition coefficient (Wildman–Crippen LogP) is 3.04. The van der Waals surface area contributed by atoms with Crippen LogP contribution in [0.5, 0.6) is 0 Å². The Morgan fingerprint density at radius 3 is 2.48 bits per heavy atom. The van der Waals surface area contributed by atoms with E-state index in [0.717, 1.165) is 45.4 Å². The van der Waals surface area contributed by atoms with E-state index in [1.54, 1.807) is 0 Å². The van der Waals surface area contributed by atoms with Gasteiger partial charge in [-0.1, -0.05) is 20.8 Å². The number of carbonyl (C=O) groups excluding carboxylic acids is 1. The minimum atomic E-state index is 0.222. The summed E-state index contributed by atoms with van der Waals surface area (Å²) < 4.78 is 0. The van der Waals surface area contributed by atoms with Crippen molar-refractivity contribution in [3.63, 3.8) is 0 Å². The van der Waals surface area contributed by atoms with Crippen LogP contribution >= 0.6 is 0 Å². The number of likely N-dealkylation sites (N-methyl/N-ethyl adjacent to an activating group) is 1. The molecule has 0 spiro atoms. The fourth-order valence-corrected chi connectivity index (χ4v) is 3.88. The first kappa shape index (κ1) is 17.0. The largest absolute Gasteiger partial charge is 0.300 e. The maximum absolute atomic E-state index is 12.3. The molecule has 1 saturated heterocycles. The van der Waals surface area contributed by atoms with Crippen molar-refractivity contribution in [1.29, 1.82) is 0 Å². The highest BCUT2D eigenvalue weighted by Gasteiger charge is 2.37. The standard InChI is InChI=1S/C18H34N2O/c1-17(2,3)15-7-8-16(21)14(11-15)12-20-10-9-19(6)18(4,5)13-20/h14-15H,7-13H2,1-6H3. The zero-order chi connectivity index (χ0) is 15.8. The van der Waals surface area contributed by atoms with Crippen molar-refractivity contribution >= 4 is 5.78 Å². The van der Waals surface area contributed by atoms with E-state index in [1.165, 1.54) is 0 Å². The average molecular weight is 294 g/mol. The number of piperazine rings is 1. The molecule has 1 aliphatic carbocycles. The molecule has 2 unspecified atom stereocenters. The van der Waals surface area contributed by atoms with Crippen molar-refractivity contribution in [2.45, 2.75) is 59.4 Å². The Balaban J connectivity index is 1.96. The third-order valence-electron chi connectivity index (χ3n) is 5.86. The van der Waals surface area contributed by atoms with Gasteiger partial charge in [-0.05, 0) is 45.1 Å². The van der Waals surface area contributed by atoms with Gasteiger partial charge in [0.15, 0.2) is 0 Å². The molecule has 0 aromatic heterocycles.